The molecule has 0 heterocycles. The van der Waals surface area contributed by atoms with Crippen LogP contribution in [0.3, 0.4) is 0 Å². The molecular weight excluding hydrogens is 212 g/mol. The molecule has 0 spiro atoms. The molecule has 0 amide bonds. The first kappa shape index (κ1) is 13.0. The molecule has 0 atom stereocenters. The van der Waals surface area contributed by atoms with Crippen LogP contribution in [0.1, 0.15) is 12.5 Å². The van der Waals surface area contributed by atoms with E-state index in [1.807, 2.05) is 37.3 Å². The number of aldehydes is 1. The number of hydrogen-bond donors (Lipinski definition) is 0. The average molecular weight is 228 g/mol. The van der Waals surface area contributed by atoms with Crippen molar-refractivity contribution in [2.45, 2.75) is 13.5 Å². The Morgan fingerprint density at radius 2 is 2.06 bits per heavy atom. The van der Waals surface area contributed by atoms with Crippen molar-refractivity contribution in [3.05, 3.63) is 72.0 Å². The summed E-state index contributed by atoms with van der Waals surface area (Å²) in [5, 5.41) is 0. The molecule has 17 heavy (non-hydrogen) atoms. The predicted octanol–water partition coefficient (Wildman–Crippen LogP) is 3.42. The van der Waals surface area contributed by atoms with Gasteiger partial charge in [-0.25, -0.2) is 0 Å². The van der Waals surface area contributed by atoms with Crippen molar-refractivity contribution in [3.8, 4) is 0 Å². The van der Waals surface area contributed by atoms with E-state index in [0.29, 0.717) is 17.9 Å². The van der Waals surface area contributed by atoms with Crippen molar-refractivity contribution in [3.63, 3.8) is 0 Å². The van der Waals surface area contributed by atoms with Gasteiger partial charge in [0.15, 0.2) is 6.29 Å². The molecule has 2 nitrogen and oxygen atoms in total. The fourth-order valence-electron chi connectivity index (χ4n) is 1.35. The number of hydrogen-bond acceptors (Lipinski definition) is 2. The van der Waals surface area contributed by atoms with Crippen LogP contribution < -0.4 is 0 Å². The molecule has 0 N–H and O–H groups in total. The molecule has 0 unspecified atom stereocenters. The molecule has 0 bridgehead atoms. The minimum Gasteiger partial charge on any atom is -0.488 e. The Morgan fingerprint density at radius 1 is 1.35 bits per heavy atom. The maximum absolute atomic E-state index is 10.9. The third-order valence-electron chi connectivity index (χ3n) is 2.18. The van der Waals surface area contributed by atoms with Crippen molar-refractivity contribution in [2.75, 3.05) is 0 Å². The lowest BCUT2D eigenvalue weighted by Gasteiger charge is -2.08. The smallest absolute Gasteiger partial charge is 0.153 e. The Bertz CT molecular complexity index is 427. The van der Waals surface area contributed by atoms with Crippen molar-refractivity contribution in [2.24, 2.45) is 0 Å². The molecule has 88 valence electrons. The van der Waals surface area contributed by atoms with E-state index in [0.717, 1.165) is 11.8 Å². The largest absolute Gasteiger partial charge is 0.488 e. The summed E-state index contributed by atoms with van der Waals surface area (Å²) in [7, 11) is 0. The maximum Gasteiger partial charge on any atom is 0.153 e. The topological polar surface area (TPSA) is 26.3 Å². The van der Waals surface area contributed by atoms with Gasteiger partial charge in [0, 0.05) is 0 Å². The number of rotatable bonds is 6. The van der Waals surface area contributed by atoms with Crippen LogP contribution in [0.4, 0.5) is 0 Å². The van der Waals surface area contributed by atoms with Gasteiger partial charge in [-0.2, -0.15) is 0 Å². The second-order valence-electron chi connectivity index (χ2n) is 3.42. The maximum atomic E-state index is 10.9. The lowest BCUT2D eigenvalue weighted by atomic mass is 10.2. The molecule has 0 aliphatic heterocycles. The molecule has 0 saturated heterocycles. The van der Waals surface area contributed by atoms with E-state index < -0.39 is 0 Å². The third-order valence-corrected chi connectivity index (χ3v) is 2.18. The second kappa shape index (κ2) is 7.23. The van der Waals surface area contributed by atoms with Crippen LogP contribution in [0.2, 0.25) is 0 Å². The molecule has 0 saturated carbocycles. The highest BCUT2D eigenvalue weighted by atomic mass is 16.5. The second-order valence-corrected chi connectivity index (χ2v) is 3.42. The standard InChI is InChI=1S/C15H16O2/c1-3-8-14(11-16)15(4-2)17-12-13-9-6-5-7-10-13/h3-11H,2,12H2,1H3/b8-3-,15-14-. The van der Waals surface area contributed by atoms with Crippen molar-refractivity contribution >= 4 is 6.29 Å². The van der Waals surface area contributed by atoms with Crippen LogP contribution in [0.25, 0.3) is 0 Å². The summed E-state index contributed by atoms with van der Waals surface area (Å²) in [6.07, 6.45) is 5.81. The molecule has 1 rings (SSSR count). The lowest BCUT2D eigenvalue weighted by Crippen LogP contribution is -1.96. The molecule has 1 aromatic rings. The van der Waals surface area contributed by atoms with Crippen LogP contribution in [0.15, 0.2) is 66.5 Å². The van der Waals surface area contributed by atoms with E-state index >= 15 is 0 Å². The number of carbonyl (C=O) groups excluding carboxylic acids is 1. The Hall–Kier alpha value is -2.09. The molecule has 0 aliphatic carbocycles. The van der Waals surface area contributed by atoms with Crippen LogP contribution in [0, 0.1) is 0 Å². The van der Waals surface area contributed by atoms with Gasteiger partial charge in [0.1, 0.15) is 12.4 Å². The molecule has 0 radical (unpaired) electrons. The number of carbonyl (C=O) groups is 1. The van der Waals surface area contributed by atoms with Gasteiger partial charge in [-0.05, 0) is 18.6 Å². The van der Waals surface area contributed by atoms with E-state index in [2.05, 4.69) is 6.58 Å². The highest BCUT2D eigenvalue weighted by Gasteiger charge is 2.01. The van der Waals surface area contributed by atoms with Crippen LogP contribution in [-0.4, -0.2) is 6.29 Å². The lowest BCUT2D eigenvalue weighted by molar-refractivity contribution is -0.104. The zero-order chi connectivity index (χ0) is 12.5. The van der Waals surface area contributed by atoms with Crippen molar-refractivity contribution in [1.29, 1.82) is 0 Å². The molecule has 0 aromatic heterocycles. The van der Waals surface area contributed by atoms with E-state index in [4.69, 9.17) is 4.74 Å². The van der Waals surface area contributed by atoms with Gasteiger partial charge < -0.3 is 4.74 Å². The Balaban J connectivity index is 2.77. The number of benzene rings is 1. The quantitative estimate of drug-likeness (QED) is 0.323. The first-order chi connectivity index (χ1) is 8.31. The fourth-order valence-corrected chi connectivity index (χ4v) is 1.35. The van der Waals surface area contributed by atoms with Crippen molar-refractivity contribution in [1.82, 2.24) is 0 Å². The summed E-state index contributed by atoms with van der Waals surface area (Å²) in [5.41, 5.74) is 1.55. The molecule has 0 fully saturated rings. The van der Waals surface area contributed by atoms with Gasteiger partial charge >= 0.3 is 0 Å². The Kier molecular flexibility index (Phi) is 5.52. The minimum absolute atomic E-state index is 0.428. The fraction of sp³-hybridized carbons (Fsp3) is 0.133. The van der Waals surface area contributed by atoms with Crippen molar-refractivity contribution < 1.29 is 9.53 Å². The Labute approximate surface area is 102 Å². The minimum atomic E-state index is 0.428. The highest BCUT2D eigenvalue weighted by molar-refractivity contribution is 5.79. The van der Waals surface area contributed by atoms with Gasteiger partial charge in [-0.3, -0.25) is 4.79 Å². The highest BCUT2D eigenvalue weighted by Crippen LogP contribution is 2.11. The Morgan fingerprint density at radius 3 is 2.59 bits per heavy atom. The van der Waals surface area contributed by atoms with Crippen LogP contribution in [-0.2, 0) is 16.1 Å². The zero-order valence-corrected chi connectivity index (χ0v) is 9.93. The normalized spacial score (nSPS) is 12.1. The monoisotopic (exact) mass is 228 g/mol. The summed E-state index contributed by atoms with van der Waals surface area (Å²) in [5.74, 6) is 0.502. The summed E-state index contributed by atoms with van der Waals surface area (Å²) in [4.78, 5) is 10.9. The molecule has 1 aromatic carbocycles. The SMILES string of the molecule is C=C/C(OCc1ccccc1)=C(C=O)\C=C/C. The predicted molar refractivity (Wildman–Crippen MR) is 69.3 cm³/mol. The zero-order valence-electron chi connectivity index (χ0n) is 9.93. The summed E-state index contributed by atoms with van der Waals surface area (Å²) in [6.45, 7) is 5.93. The van der Waals surface area contributed by atoms with E-state index in [1.54, 1.807) is 18.2 Å². The molecule has 2 heteroatoms. The van der Waals surface area contributed by atoms with Gasteiger partial charge in [-0.15, -0.1) is 0 Å². The first-order valence-corrected chi connectivity index (χ1v) is 5.43. The number of allylic oxidation sites excluding steroid dienone is 4. The van der Waals surface area contributed by atoms with E-state index in [-0.39, 0.29) is 0 Å². The van der Waals surface area contributed by atoms with Gasteiger partial charge in [0.25, 0.3) is 0 Å². The third kappa shape index (κ3) is 4.11. The van der Waals surface area contributed by atoms with E-state index in [1.165, 1.54) is 0 Å². The summed E-state index contributed by atoms with van der Waals surface area (Å²) in [6, 6.07) is 9.78. The van der Waals surface area contributed by atoms with Crippen LogP contribution in [0.5, 0.6) is 0 Å². The molecule has 0 aliphatic rings. The molecular formula is C15H16O2. The van der Waals surface area contributed by atoms with Gasteiger partial charge in [0.2, 0.25) is 0 Å². The first-order valence-electron chi connectivity index (χ1n) is 5.43. The summed E-state index contributed by atoms with van der Waals surface area (Å²) < 4.78 is 5.56. The van der Waals surface area contributed by atoms with Gasteiger partial charge in [0.05, 0.1) is 5.57 Å². The van der Waals surface area contributed by atoms with Gasteiger partial charge in [-0.1, -0.05) is 49.1 Å². The van der Waals surface area contributed by atoms with E-state index in [9.17, 15) is 4.79 Å². The van der Waals surface area contributed by atoms with Crippen LogP contribution >= 0.6 is 0 Å². The number of ether oxygens (including phenoxy) is 1. The summed E-state index contributed by atoms with van der Waals surface area (Å²) >= 11 is 0. The average Bonchev–Trinajstić information content (AvgIpc) is 2.39.